The van der Waals surface area contributed by atoms with Gasteiger partial charge in [-0.1, -0.05) is 62.7 Å². The van der Waals surface area contributed by atoms with Crippen LogP contribution in [0.15, 0.2) is 42.6 Å². The molecule has 2 aromatic rings. The Morgan fingerprint density at radius 1 is 1.23 bits per heavy atom. The fraction of sp³-hybridized carbons (Fsp3) is 0.333. The van der Waals surface area contributed by atoms with Crippen LogP contribution in [0.25, 0.3) is 0 Å². The molecule has 2 rings (SSSR count). The molecule has 0 atom stereocenters. The molecule has 116 valence electrons. The summed E-state index contributed by atoms with van der Waals surface area (Å²) < 4.78 is 0. The Bertz CT molecular complexity index is 648. The largest absolute Gasteiger partial charge is 0.350 e. The van der Waals surface area contributed by atoms with E-state index >= 15 is 0 Å². The van der Waals surface area contributed by atoms with E-state index < -0.39 is 0 Å². The zero-order valence-corrected chi connectivity index (χ0v) is 13.9. The summed E-state index contributed by atoms with van der Waals surface area (Å²) in [5.41, 5.74) is 2.44. The van der Waals surface area contributed by atoms with E-state index in [4.69, 9.17) is 11.6 Å². The molecule has 1 aromatic heterocycles. The van der Waals surface area contributed by atoms with Gasteiger partial charge < -0.3 is 5.32 Å². The topological polar surface area (TPSA) is 42.0 Å². The molecule has 0 radical (unpaired) electrons. The third-order valence-electron chi connectivity index (χ3n) is 3.46. The molecule has 0 bridgehead atoms. The highest BCUT2D eigenvalue weighted by Gasteiger charge is 2.18. The van der Waals surface area contributed by atoms with E-state index in [9.17, 15) is 4.79 Å². The number of aromatic nitrogens is 1. The molecule has 1 aromatic carbocycles. The van der Waals surface area contributed by atoms with Crippen LogP contribution < -0.4 is 5.32 Å². The normalized spacial score (nSPS) is 11.3. The molecule has 0 aliphatic rings. The van der Waals surface area contributed by atoms with Crippen LogP contribution in [0, 0.1) is 0 Å². The smallest absolute Gasteiger partial charge is 0.271 e. The molecular weight excluding hydrogens is 296 g/mol. The molecule has 1 amide bonds. The lowest BCUT2D eigenvalue weighted by Crippen LogP contribution is -2.27. The molecule has 4 heteroatoms. The highest BCUT2D eigenvalue weighted by atomic mass is 35.5. The standard InChI is InChI=1S/C18H21ClN2O/c1-18(2,3)14-11-15(19)16(21-12-14)17(22)20-10-9-13-7-5-4-6-8-13/h4-8,11-12H,9-10H2,1-3H3,(H,20,22). The van der Waals surface area contributed by atoms with Gasteiger partial charge in [0.1, 0.15) is 5.69 Å². The van der Waals surface area contributed by atoms with Crippen LogP contribution >= 0.6 is 11.6 Å². The molecule has 1 heterocycles. The number of halogens is 1. The van der Waals surface area contributed by atoms with Gasteiger partial charge in [0, 0.05) is 12.7 Å². The number of carbonyl (C=O) groups is 1. The van der Waals surface area contributed by atoms with Gasteiger partial charge in [0.25, 0.3) is 5.91 Å². The summed E-state index contributed by atoms with van der Waals surface area (Å²) in [4.78, 5) is 16.4. The molecule has 0 aliphatic heterocycles. The minimum atomic E-state index is -0.235. The van der Waals surface area contributed by atoms with Crippen molar-refractivity contribution in [1.29, 1.82) is 0 Å². The summed E-state index contributed by atoms with van der Waals surface area (Å²) in [5, 5.41) is 3.25. The molecular formula is C18H21ClN2O. The van der Waals surface area contributed by atoms with Crippen LogP contribution in [-0.2, 0) is 11.8 Å². The Hall–Kier alpha value is -1.87. The minimum Gasteiger partial charge on any atom is -0.350 e. The van der Waals surface area contributed by atoms with Crippen LogP contribution in [-0.4, -0.2) is 17.4 Å². The maximum absolute atomic E-state index is 12.2. The highest BCUT2D eigenvalue weighted by molar-refractivity contribution is 6.33. The van der Waals surface area contributed by atoms with Gasteiger partial charge in [-0.15, -0.1) is 0 Å². The average molecular weight is 317 g/mol. The number of hydrogen-bond donors (Lipinski definition) is 1. The Morgan fingerprint density at radius 3 is 2.50 bits per heavy atom. The van der Waals surface area contributed by atoms with E-state index in [0.29, 0.717) is 11.6 Å². The van der Waals surface area contributed by atoms with Crippen LogP contribution in [0.1, 0.15) is 42.4 Å². The number of benzene rings is 1. The Kier molecular flexibility index (Phi) is 5.19. The molecule has 0 saturated carbocycles. The van der Waals surface area contributed by atoms with Gasteiger partial charge in [0.2, 0.25) is 0 Å². The molecule has 0 aliphatic carbocycles. The second-order valence-corrected chi connectivity index (χ2v) is 6.70. The minimum absolute atomic E-state index is 0.0427. The van der Waals surface area contributed by atoms with Gasteiger partial charge in [-0.25, -0.2) is 4.98 Å². The maximum atomic E-state index is 12.2. The molecule has 22 heavy (non-hydrogen) atoms. The first kappa shape index (κ1) is 16.5. The fourth-order valence-corrected chi connectivity index (χ4v) is 2.32. The number of nitrogens with zero attached hydrogens (tertiary/aromatic N) is 1. The van der Waals surface area contributed by atoms with E-state index in [0.717, 1.165) is 12.0 Å². The second-order valence-electron chi connectivity index (χ2n) is 6.30. The molecule has 1 N–H and O–H groups in total. The van der Waals surface area contributed by atoms with E-state index in [1.807, 2.05) is 36.4 Å². The summed E-state index contributed by atoms with van der Waals surface area (Å²) in [7, 11) is 0. The van der Waals surface area contributed by atoms with Gasteiger partial charge in [-0.05, 0) is 29.0 Å². The van der Waals surface area contributed by atoms with Crippen LogP contribution in [0.2, 0.25) is 5.02 Å². The third kappa shape index (κ3) is 4.31. The maximum Gasteiger partial charge on any atom is 0.271 e. The average Bonchev–Trinajstić information content (AvgIpc) is 2.47. The quantitative estimate of drug-likeness (QED) is 0.926. The summed E-state index contributed by atoms with van der Waals surface area (Å²) in [5.74, 6) is -0.235. The molecule has 0 unspecified atom stereocenters. The SMILES string of the molecule is CC(C)(C)c1cnc(C(=O)NCCc2ccccc2)c(Cl)c1. The van der Waals surface area contributed by atoms with E-state index in [1.165, 1.54) is 5.56 Å². The van der Waals surface area contributed by atoms with Gasteiger partial charge in [0.15, 0.2) is 0 Å². The lowest BCUT2D eigenvalue weighted by atomic mass is 9.88. The van der Waals surface area contributed by atoms with Crippen molar-refractivity contribution in [2.75, 3.05) is 6.54 Å². The lowest BCUT2D eigenvalue weighted by Gasteiger charge is -2.19. The van der Waals surface area contributed by atoms with E-state index in [1.54, 1.807) is 6.20 Å². The number of pyridine rings is 1. The van der Waals surface area contributed by atoms with Crippen LogP contribution in [0.5, 0.6) is 0 Å². The van der Waals surface area contributed by atoms with E-state index in [2.05, 4.69) is 31.1 Å². The second kappa shape index (κ2) is 6.93. The summed E-state index contributed by atoms with van der Waals surface area (Å²) in [6, 6.07) is 11.8. The predicted octanol–water partition coefficient (Wildman–Crippen LogP) is 4.01. The van der Waals surface area contributed by atoms with Crippen molar-refractivity contribution < 1.29 is 4.79 Å². The zero-order valence-electron chi connectivity index (χ0n) is 13.2. The van der Waals surface area contributed by atoms with Crippen molar-refractivity contribution in [2.24, 2.45) is 0 Å². The Balaban J connectivity index is 1.98. The third-order valence-corrected chi connectivity index (χ3v) is 3.75. The van der Waals surface area contributed by atoms with Crippen molar-refractivity contribution >= 4 is 17.5 Å². The fourth-order valence-electron chi connectivity index (χ4n) is 2.06. The first-order valence-electron chi connectivity index (χ1n) is 7.36. The van der Waals surface area contributed by atoms with Crippen molar-refractivity contribution in [1.82, 2.24) is 10.3 Å². The highest BCUT2D eigenvalue weighted by Crippen LogP contribution is 2.25. The van der Waals surface area contributed by atoms with Crippen molar-refractivity contribution in [2.45, 2.75) is 32.6 Å². The van der Waals surface area contributed by atoms with Crippen molar-refractivity contribution in [3.8, 4) is 0 Å². The summed E-state index contributed by atoms with van der Waals surface area (Å²) >= 11 is 6.20. The summed E-state index contributed by atoms with van der Waals surface area (Å²) in [6.07, 6.45) is 2.50. The number of nitrogens with one attached hydrogen (secondary N) is 1. The summed E-state index contributed by atoms with van der Waals surface area (Å²) in [6.45, 7) is 6.81. The van der Waals surface area contributed by atoms with Gasteiger partial charge in [-0.2, -0.15) is 0 Å². The number of carbonyl (C=O) groups excluding carboxylic acids is 1. The monoisotopic (exact) mass is 316 g/mol. The first-order valence-corrected chi connectivity index (χ1v) is 7.74. The van der Waals surface area contributed by atoms with Gasteiger partial charge >= 0.3 is 0 Å². The molecule has 0 saturated heterocycles. The van der Waals surface area contributed by atoms with Gasteiger partial charge in [0.05, 0.1) is 5.02 Å². The predicted molar refractivity (Wildman–Crippen MR) is 90.4 cm³/mol. The van der Waals surface area contributed by atoms with Crippen molar-refractivity contribution in [3.05, 3.63) is 64.4 Å². The Morgan fingerprint density at radius 2 is 1.91 bits per heavy atom. The molecule has 0 fully saturated rings. The molecule has 3 nitrogen and oxygen atoms in total. The van der Waals surface area contributed by atoms with Gasteiger partial charge in [-0.3, -0.25) is 4.79 Å². The van der Waals surface area contributed by atoms with E-state index in [-0.39, 0.29) is 17.0 Å². The zero-order chi connectivity index (χ0) is 16.2. The number of rotatable bonds is 4. The first-order chi connectivity index (χ1) is 10.4. The molecule has 0 spiro atoms. The number of hydrogen-bond acceptors (Lipinski definition) is 2. The Labute approximate surface area is 136 Å². The van der Waals surface area contributed by atoms with Crippen molar-refractivity contribution in [3.63, 3.8) is 0 Å². The number of amides is 1. The van der Waals surface area contributed by atoms with Crippen LogP contribution in [0.3, 0.4) is 0 Å². The van der Waals surface area contributed by atoms with Crippen LogP contribution in [0.4, 0.5) is 0 Å². The lowest BCUT2D eigenvalue weighted by molar-refractivity contribution is 0.0949.